The molecule has 3 heteroatoms. The minimum atomic E-state index is -0.313. The van der Waals surface area contributed by atoms with E-state index < -0.39 is 0 Å². The van der Waals surface area contributed by atoms with Crippen molar-refractivity contribution in [1.29, 1.82) is 0 Å². The number of ether oxygens (including phenoxy) is 1. The fourth-order valence-electron chi connectivity index (χ4n) is 6.91. The third kappa shape index (κ3) is 3.99. The van der Waals surface area contributed by atoms with E-state index in [0.29, 0.717) is 12.0 Å². The number of aliphatic hydroxyl groups excluding tert-OH is 1. The van der Waals surface area contributed by atoms with Gasteiger partial charge in [-0.05, 0) is 93.4 Å². The average molecular weight is 336 g/mol. The highest BCUT2D eigenvalue weighted by atomic mass is 16.5. The molecule has 138 valence electrons. The molecule has 1 aliphatic heterocycles. The van der Waals surface area contributed by atoms with E-state index in [0.717, 1.165) is 49.9 Å². The molecule has 24 heavy (non-hydrogen) atoms. The lowest BCUT2D eigenvalue weighted by Gasteiger charge is -2.57. The van der Waals surface area contributed by atoms with Crippen LogP contribution in [-0.2, 0) is 4.74 Å². The Labute approximate surface area is 148 Å². The van der Waals surface area contributed by atoms with Crippen LogP contribution in [0.1, 0.15) is 64.7 Å². The van der Waals surface area contributed by atoms with Crippen LogP contribution in [0.5, 0.6) is 0 Å². The van der Waals surface area contributed by atoms with E-state index in [9.17, 15) is 5.11 Å². The summed E-state index contributed by atoms with van der Waals surface area (Å²) in [6, 6.07) is 0. The number of likely N-dealkylation sites (tertiary alicyclic amines) is 1. The summed E-state index contributed by atoms with van der Waals surface area (Å²) in [7, 11) is 0. The predicted octanol–water partition coefficient (Wildman–Crippen LogP) is 3.70. The molecule has 0 spiro atoms. The summed E-state index contributed by atoms with van der Waals surface area (Å²) in [4.78, 5) is 2.42. The van der Waals surface area contributed by atoms with Gasteiger partial charge in [-0.2, -0.15) is 0 Å². The normalized spacial score (nSPS) is 43.2. The van der Waals surface area contributed by atoms with Crippen molar-refractivity contribution >= 4 is 0 Å². The van der Waals surface area contributed by atoms with Crippen molar-refractivity contribution in [2.75, 3.05) is 32.8 Å². The van der Waals surface area contributed by atoms with Gasteiger partial charge in [-0.3, -0.25) is 0 Å². The second-order valence-electron chi connectivity index (χ2n) is 9.90. The number of piperidine rings is 1. The smallest absolute Gasteiger partial charge is 0.0900 e. The molecule has 5 aliphatic rings. The van der Waals surface area contributed by atoms with Crippen LogP contribution in [0.3, 0.4) is 0 Å². The fourth-order valence-corrected chi connectivity index (χ4v) is 6.91. The lowest BCUT2D eigenvalue weighted by molar-refractivity contribution is -0.0743. The second kappa shape index (κ2) is 7.25. The van der Waals surface area contributed by atoms with Crippen LogP contribution in [-0.4, -0.2) is 49.0 Å². The Hall–Kier alpha value is -0.120. The van der Waals surface area contributed by atoms with E-state index in [1.165, 1.54) is 57.8 Å². The van der Waals surface area contributed by atoms with Crippen molar-refractivity contribution in [3.05, 3.63) is 0 Å². The molecule has 4 saturated carbocycles. The van der Waals surface area contributed by atoms with Gasteiger partial charge >= 0.3 is 0 Å². The molecule has 1 heterocycles. The average Bonchev–Trinajstić information content (AvgIpc) is 2.50. The summed E-state index contributed by atoms with van der Waals surface area (Å²) in [5.41, 5.74) is 0.613. The highest BCUT2D eigenvalue weighted by Crippen LogP contribution is 2.61. The number of aliphatic hydroxyl groups is 1. The number of nitrogens with zero attached hydrogens (tertiary/aromatic N) is 1. The van der Waals surface area contributed by atoms with Gasteiger partial charge in [-0.25, -0.2) is 0 Å². The Kier molecular flexibility index (Phi) is 5.22. The van der Waals surface area contributed by atoms with Crippen molar-refractivity contribution in [2.24, 2.45) is 29.1 Å². The Morgan fingerprint density at radius 2 is 1.79 bits per heavy atom. The molecule has 0 aromatic carbocycles. The van der Waals surface area contributed by atoms with Crippen molar-refractivity contribution in [3.63, 3.8) is 0 Å². The lowest BCUT2D eigenvalue weighted by atomic mass is 9.49. The van der Waals surface area contributed by atoms with Crippen LogP contribution in [0.4, 0.5) is 0 Å². The first-order valence-corrected chi connectivity index (χ1v) is 10.6. The zero-order chi connectivity index (χ0) is 16.6. The first-order chi connectivity index (χ1) is 11.6. The summed E-state index contributed by atoms with van der Waals surface area (Å²) in [5.74, 6) is 3.87. The largest absolute Gasteiger partial charge is 0.389 e. The molecule has 0 aromatic heterocycles. The van der Waals surface area contributed by atoms with Gasteiger partial charge in [0.2, 0.25) is 0 Å². The number of β-amino-alcohol motifs (C(OH)–C–C–N with tert-alkyl or cyclic N) is 1. The van der Waals surface area contributed by atoms with Gasteiger partial charge in [-0.1, -0.05) is 6.92 Å². The van der Waals surface area contributed by atoms with Crippen molar-refractivity contribution in [3.8, 4) is 0 Å². The van der Waals surface area contributed by atoms with Gasteiger partial charge in [0, 0.05) is 19.7 Å². The first-order valence-electron chi connectivity index (χ1n) is 10.6. The predicted molar refractivity (Wildman–Crippen MR) is 96.9 cm³/mol. The third-order valence-corrected chi connectivity index (χ3v) is 7.46. The molecule has 0 amide bonds. The fraction of sp³-hybridized carbons (Fsp3) is 1.00. The molecule has 0 aromatic rings. The molecule has 2 atom stereocenters. The summed E-state index contributed by atoms with van der Waals surface area (Å²) in [6.45, 7) is 6.79. The van der Waals surface area contributed by atoms with Crippen molar-refractivity contribution in [2.45, 2.75) is 70.8 Å². The van der Waals surface area contributed by atoms with E-state index in [1.807, 2.05) is 0 Å². The second-order valence-corrected chi connectivity index (χ2v) is 9.90. The van der Waals surface area contributed by atoms with E-state index in [1.54, 1.807) is 0 Å². The molecule has 4 aliphatic carbocycles. The highest BCUT2D eigenvalue weighted by molar-refractivity contribution is 5.01. The molecule has 5 fully saturated rings. The molecule has 4 bridgehead atoms. The Balaban J connectivity index is 1.16. The molecular formula is C21H37NO2. The van der Waals surface area contributed by atoms with Gasteiger partial charge in [0.25, 0.3) is 0 Å². The van der Waals surface area contributed by atoms with Gasteiger partial charge < -0.3 is 14.7 Å². The molecule has 1 N–H and O–H groups in total. The molecule has 5 rings (SSSR count). The lowest BCUT2D eigenvalue weighted by Crippen LogP contribution is -2.46. The van der Waals surface area contributed by atoms with Crippen LogP contribution in [0.15, 0.2) is 0 Å². The third-order valence-electron chi connectivity index (χ3n) is 7.46. The summed E-state index contributed by atoms with van der Waals surface area (Å²) in [6.07, 6.45) is 12.5. The summed E-state index contributed by atoms with van der Waals surface area (Å²) >= 11 is 0. The maximum absolute atomic E-state index is 10.3. The monoisotopic (exact) mass is 335 g/mol. The summed E-state index contributed by atoms with van der Waals surface area (Å²) < 4.78 is 5.93. The van der Waals surface area contributed by atoms with Crippen molar-refractivity contribution in [1.82, 2.24) is 4.90 Å². The topological polar surface area (TPSA) is 32.7 Å². The van der Waals surface area contributed by atoms with E-state index in [2.05, 4.69) is 11.8 Å². The maximum Gasteiger partial charge on any atom is 0.0900 e. The van der Waals surface area contributed by atoms with Crippen LogP contribution in [0.2, 0.25) is 0 Å². The highest BCUT2D eigenvalue weighted by Gasteiger charge is 2.50. The minimum absolute atomic E-state index is 0.313. The number of rotatable bonds is 7. The van der Waals surface area contributed by atoms with Gasteiger partial charge in [0.1, 0.15) is 0 Å². The number of hydrogen-bond donors (Lipinski definition) is 1. The quantitative estimate of drug-likeness (QED) is 0.720. The standard InChI is InChI=1S/C21H37NO2/c1-16-3-2-5-22(13-16)14-20(23)15-24-6-4-21-10-17-7-18(11-21)9-19(8-17)12-21/h16-20,23H,2-15H2,1H3/t16-,17?,18?,19?,20+,21?/m1/s1. The summed E-state index contributed by atoms with van der Waals surface area (Å²) in [5, 5.41) is 10.3. The SMILES string of the molecule is C[C@@H]1CCCN(C[C@H](O)COCCC23CC4CC(CC(C4)C2)C3)C1. The zero-order valence-corrected chi connectivity index (χ0v) is 15.6. The molecule has 3 nitrogen and oxygen atoms in total. The molecular weight excluding hydrogens is 298 g/mol. The van der Waals surface area contributed by atoms with Gasteiger partial charge in [0.05, 0.1) is 12.7 Å². The van der Waals surface area contributed by atoms with E-state index in [-0.39, 0.29) is 6.10 Å². The first kappa shape index (κ1) is 17.3. The Morgan fingerprint density at radius 1 is 1.12 bits per heavy atom. The Morgan fingerprint density at radius 3 is 2.42 bits per heavy atom. The van der Waals surface area contributed by atoms with Gasteiger partial charge in [-0.15, -0.1) is 0 Å². The number of hydrogen-bond acceptors (Lipinski definition) is 3. The van der Waals surface area contributed by atoms with Crippen LogP contribution in [0.25, 0.3) is 0 Å². The molecule has 1 saturated heterocycles. The Bertz CT molecular complexity index is 389. The van der Waals surface area contributed by atoms with Crippen LogP contribution in [0, 0.1) is 29.1 Å². The van der Waals surface area contributed by atoms with Gasteiger partial charge in [0.15, 0.2) is 0 Å². The van der Waals surface area contributed by atoms with Crippen molar-refractivity contribution < 1.29 is 9.84 Å². The van der Waals surface area contributed by atoms with Crippen LogP contribution < -0.4 is 0 Å². The minimum Gasteiger partial charge on any atom is -0.389 e. The molecule has 0 radical (unpaired) electrons. The van der Waals surface area contributed by atoms with E-state index in [4.69, 9.17) is 4.74 Å². The zero-order valence-electron chi connectivity index (χ0n) is 15.6. The molecule has 0 unspecified atom stereocenters. The van der Waals surface area contributed by atoms with Crippen LogP contribution >= 0.6 is 0 Å². The van der Waals surface area contributed by atoms with E-state index >= 15 is 0 Å². The maximum atomic E-state index is 10.3.